The molecule has 2 aromatic rings. The van der Waals surface area contributed by atoms with Crippen LogP contribution in [0.4, 0.5) is 10.1 Å². The van der Waals surface area contributed by atoms with Crippen molar-refractivity contribution < 1.29 is 23.5 Å². The van der Waals surface area contributed by atoms with Gasteiger partial charge in [-0.25, -0.2) is 9.37 Å². The second kappa shape index (κ2) is 7.70. The summed E-state index contributed by atoms with van der Waals surface area (Å²) >= 11 is 0. The van der Waals surface area contributed by atoms with E-state index in [4.69, 9.17) is 9.47 Å². The lowest BCUT2D eigenvalue weighted by Gasteiger charge is -2.18. The largest absolute Gasteiger partial charge is 0.480 e. The Morgan fingerprint density at radius 3 is 2.83 bits per heavy atom. The van der Waals surface area contributed by atoms with E-state index in [-0.39, 0.29) is 11.7 Å². The first-order chi connectivity index (χ1) is 14.6. The molecule has 30 heavy (non-hydrogen) atoms. The molecule has 2 fully saturated rings. The van der Waals surface area contributed by atoms with Crippen LogP contribution in [-0.4, -0.2) is 35.9 Å². The number of carbonyl (C=O) groups excluding carboxylic acids is 2. The molecule has 6 nitrogen and oxygen atoms in total. The van der Waals surface area contributed by atoms with Crippen LogP contribution in [0.25, 0.3) is 0 Å². The summed E-state index contributed by atoms with van der Waals surface area (Å²) in [5, 5.41) is 0. The van der Waals surface area contributed by atoms with E-state index in [0.717, 1.165) is 12.3 Å². The number of anilines is 1. The van der Waals surface area contributed by atoms with Gasteiger partial charge in [0.2, 0.25) is 5.88 Å². The van der Waals surface area contributed by atoms with Crippen molar-refractivity contribution in [1.29, 1.82) is 0 Å². The van der Waals surface area contributed by atoms with Crippen LogP contribution in [0, 0.1) is 11.7 Å². The minimum Gasteiger partial charge on any atom is -0.480 e. The Morgan fingerprint density at radius 2 is 2.00 bits per heavy atom. The molecule has 1 atom stereocenters. The number of ketones is 1. The van der Waals surface area contributed by atoms with Gasteiger partial charge in [0.25, 0.3) is 5.91 Å². The molecule has 2 heterocycles. The first-order valence-corrected chi connectivity index (χ1v) is 10.5. The Kier molecular flexibility index (Phi) is 4.89. The minimum absolute atomic E-state index is 0.0730. The summed E-state index contributed by atoms with van der Waals surface area (Å²) in [6.07, 6.45) is 5.74. The molecule has 0 radical (unpaired) electrons. The third-order valence-corrected chi connectivity index (χ3v) is 6.01. The number of halogens is 1. The number of aromatic nitrogens is 1. The molecular weight excluding hydrogens is 387 g/mol. The van der Waals surface area contributed by atoms with E-state index in [9.17, 15) is 14.0 Å². The maximum Gasteiger partial charge on any atom is 0.268 e. The van der Waals surface area contributed by atoms with Crippen molar-refractivity contribution in [3.05, 3.63) is 47.4 Å². The van der Waals surface area contributed by atoms with Crippen LogP contribution < -0.4 is 14.4 Å². The van der Waals surface area contributed by atoms with Gasteiger partial charge in [-0.15, -0.1) is 0 Å². The lowest BCUT2D eigenvalue weighted by Crippen LogP contribution is -2.32. The number of benzene rings is 1. The third kappa shape index (κ3) is 3.76. The van der Waals surface area contributed by atoms with Crippen LogP contribution in [0.5, 0.6) is 11.6 Å². The molecule has 156 valence electrons. The van der Waals surface area contributed by atoms with E-state index in [0.29, 0.717) is 60.9 Å². The molecule has 1 unspecified atom stereocenters. The molecule has 3 aliphatic rings. The molecule has 2 aliphatic carbocycles. The quantitative estimate of drug-likeness (QED) is 0.696. The number of nitrogens with zero attached hydrogens (tertiary/aromatic N) is 2. The number of ether oxygens (including phenoxy) is 2. The van der Waals surface area contributed by atoms with E-state index >= 15 is 0 Å². The highest BCUT2D eigenvalue weighted by molar-refractivity contribution is 6.04. The fraction of sp³-hybridized carbons (Fsp3) is 0.435. The predicted molar refractivity (Wildman–Crippen MR) is 108 cm³/mol. The molecule has 1 amide bonds. The Bertz CT molecular complexity index is 1000. The van der Waals surface area contributed by atoms with Crippen LogP contribution in [-0.2, 0) is 11.2 Å². The standard InChI is InChI=1S/C23H23FN2O4/c24-19-12-15(11-18-17(19)3-4-20(18)27)26-9-6-21(23(26)28)30-16-5-8-25-22(13-16)29-10-7-14-1-2-14/h5,8,11-14,21H,1-4,6-7,9-10H2. The van der Waals surface area contributed by atoms with E-state index in [2.05, 4.69) is 4.98 Å². The van der Waals surface area contributed by atoms with Gasteiger partial charge in [-0.1, -0.05) is 12.8 Å². The van der Waals surface area contributed by atoms with Crippen molar-refractivity contribution in [2.75, 3.05) is 18.1 Å². The van der Waals surface area contributed by atoms with Crippen LogP contribution in [0.2, 0.25) is 0 Å². The molecular formula is C23H23FN2O4. The van der Waals surface area contributed by atoms with E-state index < -0.39 is 11.9 Å². The number of rotatable bonds is 7. The zero-order chi connectivity index (χ0) is 20.7. The maximum atomic E-state index is 14.4. The van der Waals surface area contributed by atoms with Gasteiger partial charge >= 0.3 is 0 Å². The van der Waals surface area contributed by atoms with Gasteiger partial charge in [0.05, 0.1) is 6.61 Å². The summed E-state index contributed by atoms with van der Waals surface area (Å²) in [7, 11) is 0. The smallest absolute Gasteiger partial charge is 0.268 e. The van der Waals surface area contributed by atoms with Gasteiger partial charge in [0, 0.05) is 42.9 Å². The summed E-state index contributed by atoms with van der Waals surface area (Å²) < 4.78 is 26.0. The first-order valence-electron chi connectivity index (χ1n) is 10.5. The fourth-order valence-corrected chi connectivity index (χ4v) is 4.12. The average Bonchev–Trinajstić information content (AvgIpc) is 3.39. The van der Waals surface area contributed by atoms with Gasteiger partial charge < -0.3 is 14.4 Å². The molecule has 1 aromatic heterocycles. The number of Topliss-reactive ketones (excluding diaryl/α,β-unsaturated/α-hetero) is 1. The number of hydrogen-bond donors (Lipinski definition) is 0. The Hall–Kier alpha value is -2.96. The topological polar surface area (TPSA) is 68.7 Å². The van der Waals surface area contributed by atoms with E-state index in [1.165, 1.54) is 23.8 Å². The summed E-state index contributed by atoms with van der Waals surface area (Å²) in [4.78, 5) is 30.6. The van der Waals surface area contributed by atoms with Crippen molar-refractivity contribution in [1.82, 2.24) is 4.98 Å². The number of carbonyl (C=O) groups is 2. The second-order valence-electron chi connectivity index (χ2n) is 8.17. The molecule has 1 saturated heterocycles. The van der Waals surface area contributed by atoms with Crippen LogP contribution in [0.1, 0.15) is 48.0 Å². The van der Waals surface area contributed by atoms with Crippen LogP contribution >= 0.6 is 0 Å². The fourth-order valence-electron chi connectivity index (χ4n) is 4.12. The van der Waals surface area contributed by atoms with E-state index in [1.807, 2.05) is 0 Å². The Balaban J connectivity index is 1.26. The number of pyridine rings is 1. The number of fused-ring (bicyclic) bond motifs is 1. The number of amides is 1. The zero-order valence-corrected chi connectivity index (χ0v) is 16.6. The van der Waals surface area contributed by atoms with E-state index in [1.54, 1.807) is 24.4 Å². The summed E-state index contributed by atoms with van der Waals surface area (Å²) in [6, 6.07) is 6.36. The van der Waals surface area contributed by atoms with Gasteiger partial charge in [0.1, 0.15) is 11.6 Å². The minimum atomic E-state index is -0.668. The molecule has 0 N–H and O–H groups in total. The lowest BCUT2D eigenvalue weighted by molar-refractivity contribution is -0.122. The van der Waals surface area contributed by atoms with Crippen molar-refractivity contribution >= 4 is 17.4 Å². The lowest BCUT2D eigenvalue weighted by atomic mass is 10.1. The van der Waals surface area contributed by atoms with Crippen molar-refractivity contribution in [3.8, 4) is 11.6 Å². The second-order valence-corrected chi connectivity index (χ2v) is 8.17. The van der Waals surface area contributed by atoms with Crippen LogP contribution in [0.3, 0.4) is 0 Å². The first kappa shape index (κ1) is 19.0. The summed E-state index contributed by atoms with van der Waals surface area (Å²) in [6.45, 7) is 1.03. The third-order valence-electron chi connectivity index (χ3n) is 6.01. The van der Waals surface area contributed by atoms with Gasteiger partial charge in [0.15, 0.2) is 11.9 Å². The van der Waals surface area contributed by atoms with Crippen LogP contribution in [0.15, 0.2) is 30.5 Å². The van der Waals surface area contributed by atoms with Gasteiger partial charge in [-0.2, -0.15) is 0 Å². The molecule has 1 saturated carbocycles. The average molecular weight is 410 g/mol. The summed E-state index contributed by atoms with van der Waals surface area (Å²) in [5.74, 6) is 1.04. The zero-order valence-electron chi connectivity index (χ0n) is 16.6. The monoisotopic (exact) mass is 410 g/mol. The summed E-state index contributed by atoms with van der Waals surface area (Å²) in [5.41, 5.74) is 1.26. The molecule has 7 heteroatoms. The van der Waals surface area contributed by atoms with Crippen molar-refractivity contribution in [2.45, 2.75) is 44.6 Å². The van der Waals surface area contributed by atoms with Crippen molar-refractivity contribution in [3.63, 3.8) is 0 Å². The molecule has 1 aliphatic heterocycles. The molecule has 0 spiro atoms. The Morgan fingerprint density at radius 1 is 1.13 bits per heavy atom. The molecule has 5 rings (SSSR count). The Labute approximate surface area is 174 Å². The number of hydrogen-bond acceptors (Lipinski definition) is 5. The van der Waals surface area contributed by atoms with Crippen molar-refractivity contribution in [2.24, 2.45) is 5.92 Å². The highest BCUT2D eigenvalue weighted by Crippen LogP contribution is 2.33. The molecule has 1 aromatic carbocycles. The molecule has 0 bridgehead atoms. The van der Waals surface area contributed by atoms with Gasteiger partial charge in [-0.3, -0.25) is 9.59 Å². The van der Waals surface area contributed by atoms with Gasteiger partial charge in [-0.05, 0) is 42.5 Å². The highest BCUT2D eigenvalue weighted by Gasteiger charge is 2.36. The normalized spacial score (nSPS) is 20.6. The highest BCUT2D eigenvalue weighted by atomic mass is 19.1. The predicted octanol–water partition coefficient (Wildman–Crippen LogP) is 3.71. The maximum absolute atomic E-state index is 14.4. The SMILES string of the molecule is O=C1CCc2c(F)cc(N3CCC(Oc4ccnc(OCCC5CC5)c4)C3=O)cc21.